The Balaban J connectivity index is 2.44. The van der Waals surface area contributed by atoms with Gasteiger partial charge in [0.1, 0.15) is 5.60 Å². The van der Waals surface area contributed by atoms with E-state index in [0.29, 0.717) is 6.61 Å². The van der Waals surface area contributed by atoms with E-state index in [0.717, 1.165) is 0 Å². The molecule has 0 saturated heterocycles. The Bertz CT molecular complexity index is 270. The first-order valence-corrected chi connectivity index (χ1v) is 5.31. The largest absolute Gasteiger partial charge is 0.444 e. The van der Waals surface area contributed by atoms with Crippen LogP contribution in [0.5, 0.6) is 0 Å². The molecule has 2 N–H and O–H groups in total. The van der Waals surface area contributed by atoms with E-state index in [1.807, 2.05) is 12.2 Å². The van der Waals surface area contributed by atoms with Gasteiger partial charge in [-0.1, -0.05) is 12.2 Å². The zero-order valence-electron chi connectivity index (χ0n) is 9.90. The molecule has 16 heavy (non-hydrogen) atoms. The number of rotatable bonds is 3. The van der Waals surface area contributed by atoms with Crippen molar-refractivity contribution in [3.63, 3.8) is 0 Å². The van der Waals surface area contributed by atoms with Crippen molar-refractivity contribution in [2.45, 2.75) is 38.5 Å². The zero-order valence-corrected chi connectivity index (χ0v) is 9.90. The lowest BCUT2D eigenvalue weighted by atomic mass is 10.1. The number of carbonyl (C=O) groups excluding carboxylic acids is 1. The van der Waals surface area contributed by atoms with Crippen LogP contribution < -0.4 is 5.32 Å². The molecule has 1 rings (SSSR count). The Kier molecular flexibility index (Phi) is 4.32. The van der Waals surface area contributed by atoms with E-state index in [1.165, 1.54) is 0 Å². The van der Waals surface area contributed by atoms with Gasteiger partial charge in [0, 0.05) is 0 Å². The minimum Gasteiger partial charge on any atom is -0.444 e. The maximum absolute atomic E-state index is 11.5. The molecule has 0 aromatic carbocycles. The number of hydrogen-bond acceptors (Lipinski definition) is 4. The van der Waals surface area contributed by atoms with Crippen molar-refractivity contribution in [1.29, 1.82) is 0 Å². The van der Waals surface area contributed by atoms with Gasteiger partial charge in [-0.2, -0.15) is 0 Å². The van der Waals surface area contributed by atoms with Crippen molar-refractivity contribution in [2.75, 3.05) is 13.2 Å². The summed E-state index contributed by atoms with van der Waals surface area (Å²) in [6.45, 7) is 5.68. The third-order valence-corrected chi connectivity index (χ3v) is 2.01. The highest BCUT2D eigenvalue weighted by atomic mass is 16.6. The molecular formula is C11H19NO4. The van der Waals surface area contributed by atoms with E-state index >= 15 is 0 Å². The highest BCUT2D eigenvalue weighted by molar-refractivity contribution is 5.68. The standard InChI is InChI=1S/C11H19NO4/c1-11(2,3)16-10(14)12-8(7-13)9-5-4-6-15-9/h4-5,8-9,13H,6-7H2,1-3H3,(H,12,14)/t8-,9+/m1/s1. The summed E-state index contributed by atoms with van der Waals surface area (Å²) in [6, 6.07) is -0.464. The fraction of sp³-hybridized carbons (Fsp3) is 0.727. The Labute approximate surface area is 95.4 Å². The SMILES string of the molecule is CC(C)(C)OC(=O)N[C@H](CO)[C@@H]1C=CCO1. The average molecular weight is 229 g/mol. The van der Waals surface area contributed by atoms with Crippen molar-refractivity contribution in [3.05, 3.63) is 12.2 Å². The van der Waals surface area contributed by atoms with Crippen LogP contribution in [0.3, 0.4) is 0 Å². The maximum Gasteiger partial charge on any atom is 0.408 e. The molecule has 2 atom stereocenters. The highest BCUT2D eigenvalue weighted by Crippen LogP contribution is 2.10. The lowest BCUT2D eigenvalue weighted by Gasteiger charge is -2.25. The summed E-state index contributed by atoms with van der Waals surface area (Å²) in [5.74, 6) is 0. The molecule has 0 saturated carbocycles. The lowest BCUT2D eigenvalue weighted by Crippen LogP contribution is -2.47. The Morgan fingerprint density at radius 3 is 2.81 bits per heavy atom. The number of amides is 1. The Morgan fingerprint density at radius 2 is 2.38 bits per heavy atom. The third kappa shape index (κ3) is 4.20. The van der Waals surface area contributed by atoms with E-state index in [1.54, 1.807) is 20.8 Å². The van der Waals surface area contributed by atoms with Gasteiger partial charge in [0.15, 0.2) is 0 Å². The number of carbonyl (C=O) groups is 1. The highest BCUT2D eigenvalue weighted by Gasteiger charge is 2.25. The van der Waals surface area contributed by atoms with Gasteiger partial charge < -0.3 is 19.9 Å². The minimum absolute atomic E-state index is 0.186. The van der Waals surface area contributed by atoms with E-state index in [2.05, 4.69) is 5.32 Å². The number of ether oxygens (including phenoxy) is 2. The number of aliphatic hydroxyl groups excluding tert-OH is 1. The minimum atomic E-state index is -0.546. The lowest BCUT2D eigenvalue weighted by molar-refractivity contribution is 0.0327. The predicted molar refractivity (Wildman–Crippen MR) is 59.1 cm³/mol. The molecule has 92 valence electrons. The van der Waals surface area contributed by atoms with E-state index in [-0.39, 0.29) is 12.7 Å². The molecule has 0 unspecified atom stereocenters. The van der Waals surface area contributed by atoms with Crippen molar-refractivity contribution in [1.82, 2.24) is 5.32 Å². The summed E-state index contributed by atoms with van der Waals surface area (Å²) >= 11 is 0. The Morgan fingerprint density at radius 1 is 1.69 bits per heavy atom. The topological polar surface area (TPSA) is 67.8 Å². The van der Waals surface area contributed by atoms with Crippen molar-refractivity contribution < 1.29 is 19.4 Å². The zero-order chi connectivity index (χ0) is 12.2. The molecule has 1 aliphatic heterocycles. The smallest absolute Gasteiger partial charge is 0.408 e. The Hall–Kier alpha value is -1.07. The molecule has 0 radical (unpaired) electrons. The molecule has 5 heteroatoms. The molecule has 1 heterocycles. The summed E-state index contributed by atoms with van der Waals surface area (Å²) in [4.78, 5) is 11.5. The number of hydrogen-bond donors (Lipinski definition) is 2. The maximum atomic E-state index is 11.5. The van der Waals surface area contributed by atoms with Crippen LogP contribution in [-0.2, 0) is 9.47 Å². The second-order valence-electron chi connectivity index (χ2n) is 4.66. The van der Waals surface area contributed by atoms with Gasteiger partial charge in [-0.15, -0.1) is 0 Å². The van der Waals surface area contributed by atoms with Crippen molar-refractivity contribution in [3.8, 4) is 0 Å². The molecule has 5 nitrogen and oxygen atoms in total. The van der Waals surface area contributed by atoms with Crippen LogP contribution in [0.25, 0.3) is 0 Å². The molecule has 0 spiro atoms. The van der Waals surface area contributed by atoms with Gasteiger partial charge in [-0.3, -0.25) is 0 Å². The van der Waals surface area contributed by atoms with Gasteiger partial charge >= 0.3 is 6.09 Å². The van der Waals surface area contributed by atoms with Gasteiger partial charge in [0.25, 0.3) is 0 Å². The van der Waals surface area contributed by atoms with Crippen LogP contribution >= 0.6 is 0 Å². The second kappa shape index (κ2) is 5.32. The average Bonchev–Trinajstić information content (AvgIpc) is 2.63. The molecule has 0 aromatic rings. The molecular weight excluding hydrogens is 210 g/mol. The molecule has 0 fully saturated rings. The number of nitrogens with one attached hydrogen (secondary N) is 1. The molecule has 0 aliphatic carbocycles. The van der Waals surface area contributed by atoms with Crippen LogP contribution in [-0.4, -0.2) is 42.2 Å². The van der Waals surface area contributed by atoms with Crippen LogP contribution in [0.15, 0.2) is 12.2 Å². The second-order valence-corrected chi connectivity index (χ2v) is 4.66. The first-order chi connectivity index (χ1) is 7.42. The monoisotopic (exact) mass is 229 g/mol. The first-order valence-electron chi connectivity index (χ1n) is 5.31. The molecule has 0 bridgehead atoms. The summed E-state index contributed by atoms with van der Waals surface area (Å²) in [5.41, 5.74) is -0.545. The number of alkyl carbamates (subject to hydrolysis) is 1. The van der Waals surface area contributed by atoms with Crippen LogP contribution in [0, 0.1) is 0 Å². The van der Waals surface area contributed by atoms with E-state index in [4.69, 9.17) is 14.6 Å². The number of aliphatic hydroxyl groups is 1. The van der Waals surface area contributed by atoms with Gasteiger partial charge in [0.05, 0.1) is 25.4 Å². The summed E-state index contributed by atoms with van der Waals surface area (Å²) in [7, 11) is 0. The van der Waals surface area contributed by atoms with E-state index < -0.39 is 17.7 Å². The fourth-order valence-electron chi connectivity index (χ4n) is 1.35. The first kappa shape index (κ1) is 13.0. The summed E-state index contributed by atoms with van der Waals surface area (Å²) in [5, 5.41) is 11.7. The summed E-state index contributed by atoms with van der Waals surface area (Å²) < 4.78 is 10.4. The molecule has 1 amide bonds. The van der Waals surface area contributed by atoms with Gasteiger partial charge in [-0.05, 0) is 20.8 Å². The van der Waals surface area contributed by atoms with Crippen LogP contribution in [0.4, 0.5) is 4.79 Å². The van der Waals surface area contributed by atoms with Gasteiger partial charge in [0.2, 0.25) is 0 Å². The predicted octanol–water partition coefficient (Wildman–Crippen LogP) is 0.827. The fourth-order valence-corrected chi connectivity index (χ4v) is 1.35. The van der Waals surface area contributed by atoms with Crippen LogP contribution in [0.2, 0.25) is 0 Å². The summed E-state index contributed by atoms with van der Waals surface area (Å²) in [6.07, 6.45) is 2.84. The van der Waals surface area contributed by atoms with Crippen LogP contribution in [0.1, 0.15) is 20.8 Å². The van der Waals surface area contributed by atoms with Crippen molar-refractivity contribution >= 4 is 6.09 Å². The van der Waals surface area contributed by atoms with Gasteiger partial charge in [-0.25, -0.2) is 4.79 Å². The third-order valence-electron chi connectivity index (χ3n) is 2.01. The molecule has 1 aliphatic rings. The van der Waals surface area contributed by atoms with Crippen molar-refractivity contribution in [2.24, 2.45) is 0 Å². The quantitative estimate of drug-likeness (QED) is 0.703. The normalized spacial score (nSPS) is 21.9. The van der Waals surface area contributed by atoms with E-state index in [9.17, 15) is 4.79 Å². The molecule has 0 aromatic heterocycles.